The van der Waals surface area contributed by atoms with Gasteiger partial charge < -0.3 is 10.5 Å². The highest BCUT2D eigenvalue weighted by Gasteiger charge is 2.13. The molecule has 2 nitrogen and oxygen atoms in total. The van der Waals surface area contributed by atoms with Crippen LogP contribution in [0.15, 0.2) is 46.9 Å². The Morgan fingerprint density at radius 2 is 1.95 bits per heavy atom. The van der Waals surface area contributed by atoms with Gasteiger partial charge in [-0.1, -0.05) is 45.8 Å². The van der Waals surface area contributed by atoms with Gasteiger partial charge in [-0.15, -0.1) is 0 Å². The Labute approximate surface area is 135 Å². The Kier molecular flexibility index (Phi) is 5.83. The minimum atomic E-state index is 0.412. The molecule has 0 radical (unpaired) electrons. The molecule has 2 N–H and O–H groups in total. The molecule has 0 aliphatic carbocycles. The molecule has 2 rings (SSSR count). The highest BCUT2D eigenvalue weighted by atomic mass is 79.9. The van der Waals surface area contributed by atoms with Crippen LogP contribution in [-0.2, 0) is 12.8 Å². The van der Waals surface area contributed by atoms with E-state index < -0.39 is 0 Å². The fraction of sp³-hybridized carbons (Fsp3) is 0.333. The summed E-state index contributed by atoms with van der Waals surface area (Å²) in [5.41, 5.74) is 9.83. The summed E-state index contributed by atoms with van der Waals surface area (Å²) in [6.07, 6.45) is 1.92. The van der Waals surface area contributed by atoms with E-state index in [1.165, 1.54) is 16.7 Å². The summed E-state index contributed by atoms with van der Waals surface area (Å²) in [6, 6.07) is 14.8. The van der Waals surface area contributed by atoms with Crippen LogP contribution in [0.2, 0.25) is 0 Å². The van der Waals surface area contributed by atoms with Crippen LogP contribution in [0, 0.1) is 12.8 Å². The van der Waals surface area contributed by atoms with Gasteiger partial charge in [-0.25, -0.2) is 0 Å². The number of benzene rings is 2. The van der Waals surface area contributed by atoms with Crippen molar-refractivity contribution in [1.82, 2.24) is 0 Å². The molecule has 0 heterocycles. The number of aryl methyl sites for hydroxylation is 1. The number of methoxy groups -OCH3 is 1. The van der Waals surface area contributed by atoms with E-state index in [0.29, 0.717) is 12.5 Å². The Morgan fingerprint density at radius 3 is 2.62 bits per heavy atom. The van der Waals surface area contributed by atoms with E-state index in [4.69, 9.17) is 10.5 Å². The van der Waals surface area contributed by atoms with Crippen LogP contribution in [0.4, 0.5) is 0 Å². The van der Waals surface area contributed by atoms with Crippen molar-refractivity contribution in [2.75, 3.05) is 13.7 Å². The molecule has 3 heteroatoms. The highest BCUT2D eigenvalue weighted by molar-refractivity contribution is 9.10. The molecule has 0 fully saturated rings. The molecule has 2 aromatic rings. The van der Waals surface area contributed by atoms with Gasteiger partial charge in [-0.05, 0) is 61.6 Å². The second-order valence-corrected chi connectivity index (χ2v) is 6.37. The van der Waals surface area contributed by atoms with Crippen LogP contribution >= 0.6 is 15.9 Å². The monoisotopic (exact) mass is 347 g/mol. The summed E-state index contributed by atoms with van der Waals surface area (Å²) >= 11 is 3.53. The third-order valence-electron chi connectivity index (χ3n) is 3.69. The van der Waals surface area contributed by atoms with Crippen molar-refractivity contribution in [3.63, 3.8) is 0 Å². The first-order valence-corrected chi connectivity index (χ1v) is 7.99. The van der Waals surface area contributed by atoms with Crippen LogP contribution in [0.25, 0.3) is 0 Å². The van der Waals surface area contributed by atoms with E-state index in [2.05, 4.69) is 53.2 Å². The molecule has 1 unspecified atom stereocenters. The predicted molar refractivity (Wildman–Crippen MR) is 91.8 cm³/mol. The zero-order valence-electron chi connectivity index (χ0n) is 12.6. The van der Waals surface area contributed by atoms with Crippen molar-refractivity contribution in [2.24, 2.45) is 11.7 Å². The first-order chi connectivity index (χ1) is 10.1. The maximum absolute atomic E-state index is 5.98. The first-order valence-electron chi connectivity index (χ1n) is 7.20. The quantitative estimate of drug-likeness (QED) is 0.852. The fourth-order valence-corrected chi connectivity index (χ4v) is 3.04. The van der Waals surface area contributed by atoms with Crippen molar-refractivity contribution >= 4 is 15.9 Å². The molecular formula is C18H22BrNO. The molecule has 21 heavy (non-hydrogen) atoms. The number of nitrogens with two attached hydrogens (primary N) is 1. The molecule has 0 spiro atoms. The van der Waals surface area contributed by atoms with Gasteiger partial charge in [0, 0.05) is 4.47 Å². The molecule has 0 bridgehead atoms. The zero-order valence-corrected chi connectivity index (χ0v) is 14.2. The number of ether oxygens (including phenoxy) is 1. The van der Waals surface area contributed by atoms with Crippen molar-refractivity contribution in [1.29, 1.82) is 0 Å². The molecular weight excluding hydrogens is 326 g/mol. The lowest BCUT2D eigenvalue weighted by molar-refractivity contribution is 0.403. The third-order valence-corrected chi connectivity index (χ3v) is 4.18. The number of hydrogen-bond acceptors (Lipinski definition) is 2. The molecule has 0 amide bonds. The van der Waals surface area contributed by atoms with E-state index in [1.807, 2.05) is 12.1 Å². The SMILES string of the molecule is COc1ccc(Br)cc1CC(CN)Cc1cccc(C)c1. The van der Waals surface area contributed by atoms with Crippen molar-refractivity contribution in [3.8, 4) is 5.75 Å². The van der Waals surface area contributed by atoms with E-state index >= 15 is 0 Å². The van der Waals surface area contributed by atoms with Crippen molar-refractivity contribution in [3.05, 3.63) is 63.6 Å². The van der Waals surface area contributed by atoms with Gasteiger partial charge in [0.15, 0.2) is 0 Å². The van der Waals surface area contributed by atoms with Crippen LogP contribution in [0.1, 0.15) is 16.7 Å². The van der Waals surface area contributed by atoms with Crippen LogP contribution in [0.5, 0.6) is 5.75 Å². The lowest BCUT2D eigenvalue weighted by Crippen LogP contribution is -2.19. The maximum atomic E-state index is 5.98. The number of rotatable bonds is 6. The zero-order chi connectivity index (χ0) is 15.2. The lowest BCUT2D eigenvalue weighted by Gasteiger charge is -2.17. The Hall–Kier alpha value is -1.32. The highest BCUT2D eigenvalue weighted by Crippen LogP contribution is 2.26. The topological polar surface area (TPSA) is 35.2 Å². The molecule has 0 aromatic heterocycles. The number of hydrogen-bond donors (Lipinski definition) is 1. The normalized spacial score (nSPS) is 12.2. The molecule has 112 valence electrons. The van der Waals surface area contributed by atoms with E-state index in [1.54, 1.807) is 7.11 Å². The van der Waals surface area contributed by atoms with E-state index in [9.17, 15) is 0 Å². The Morgan fingerprint density at radius 1 is 1.14 bits per heavy atom. The van der Waals surface area contributed by atoms with Gasteiger partial charge in [0.1, 0.15) is 5.75 Å². The summed E-state index contributed by atoms with van der Waals surface area (Å²) < 4.78 is 6.53. The van der Waals surface area contributed by atoms with Crippen molar-refractivity contribution in [2.45, 2.75) is 19.8 Å². The summed E-state index contributed by atoms with van der Waals surface area (Å²) in [7, 11) is 1.71. The van der Waals surface area contributed by atoms with Crippen LogP contribution in [-0.4, -0.2) is 13.7 Å². The second kappa shape index (κ2) is 7.62. The van der Waals surface area contributed by atoms with E-state index in [0.717, 1.165) is 23.1 Å². The van der Waals surface area contributed by atoms with Gasteiger partial charge in [-0.2, -0.15) is 0 Å². The molecule has 0 aliphatic heterocycles. The van der Waals surface area contributed by atoms with Gasteiger partial charge in [0.25, 0.3) is 0 Å². The van der Waals surface area contributed by atoms with Gasteiger partial charge in [-0.3, -0.25) is 0 Å². The lowest BCUT2D eigenvalue weighted by atomic mass is 9.92. The average molecular weight is 348 g/mol. The molecule has 0 aliphatic rings. The predicted octanol–water partition coefficient (Wildman–Crippen LogP) is 4.13. The summed E-state index contributed by atoms with van der Waals surface area (Å²) in [4.78, 5) is 0. The van der Waals surface area contributed by atoms with Crippen LogP contribution < -0.4 is 10.5 Å². The van der Waals surface area contributed by atoms with E-state index in [-0.39, 0.29) is 0 Å². The summed E-state index contributed by atoms with van der Waals surface area (Å²) in [6.45, 7) is 2.79. The minimum absolute atomic E-state index is 0.412. The Bertz CT molecular complexity index is 598. The molecule has 0 saturated carbocycles. The van der Waals surface area contributed by atoms with Crippen LogP contribution in [0.3, 0.4) is 0 Å². The fourth-order valence-electron chi connectivity index (χ4n) is 2.63. The first kappa shape index (κ1) is 16.1. The molecule has 0 saturated heterocycles. The summed E-state index contributed by atoms with van der Waals surface area (Å²) in [5.74, 6) is 1.34. The molecule has 1 atom stereocenters. The largest absolute Gasteiger partial charge is 0.496 e. The second-order valence-electron chi connectivity index (χ2n) is 5.46. The Balaban J connectivity index is 2.14. The smallest absolute Gasteiger partial charge is 0.122 e. The maximum Gasteiger partial charge on any atom is 0.122 e. The molecule has 2 aromatic carbocycles. The average Bonchev–Trinajstić information content (AvgIpc) is 2.47. The third kappa shape index (κ3) is 4.58. The number of halogens is 1. The van der Waals surface area contributed by atoms with Gasteiger partial charge >= 0.3 is 0 Å². The van der Waals surface area contributed by atoms with Crippen molar-refractivity contribution < 1.29 is 4.74 Å². The standard InChI is InChI=1S/C18H22BrNO/c1-13-4-3-5-14(8-13)9-15(12-20)10-16-11-17(19)6-7-18(16)21-2/h3-8,11,15H,9-10,12,20H2,1-2H3. The van der Waals surface area contributed by atoms with Gasteiger partial charge in [0.05, 0.1) is 7.11 Å². The van der Waals surface area contributed by atoms with Gasteiger partial charge in [0.2, 0.25) is 0 Å². The minimum Gasteiger partial charge on any atom is -0.496 e. The summed E-state index contributed by atoms with van der Waals surface area (Å²) in [5, 5.41) is 0.